The summed E-state index contributed by atoms with van der Waals surface area (Å²) in [6.45, 7) is 11.8. The molecule has 0 amide bonds. The number of thioether (sulfide) groups is 1. The predicted molar refractivity (Wildman–Crippen MR) is 68.2 cm³/mol. The van der Waals surface area contributed by atoms with Crippen LogP contribution >= 0.6 is 11.8 Å². The number of hydrogen-bond donors (Lipinski definition) is 0. The molecule has 0 N–H and O–H groups in total. The van der Waals surface area contributed by atoms with Gasteiger partial charge >= 0.3 is 0 Å². The summed E-state index contributed by atoms with van der Waals surface area (Å²) in [7, 11) is 0. The Morgan fingerprint density at radius 2 is 2.00 bits per heavy atom. The summed E-state index contributed by atoms with van der Waals surface area (Å²) in [6.07, 6.45) is 5.70. The molecular weight excluding hydrogens is 200 g/mol. The zero-order valence-corrected chi connectivity index (χ0v) is 11.0. The van der Waals surface area contributed by atoms with Crippen LogP contribution in [0.1, 0.15) is 46.5 Å². The van der Waals surface area contributed by atoms with Gasteiger partial charge in [0.05, 0.1) is 0 Å². The molecule has 4 aliphatic rings. The van der Waals surface area contributed by atoms with Crippen LogP contribution in [0, 0.1) is 16.7 Å². The normalized spacial score (nSPS) is 51.9. The van der Waals surface area contributed by atoms with E-state index in [-0.39, 0.29) is 0 Å². The van der Waals surface area contributed by atoms with Gasteiger partial charge in [-0.25, -0.2) is 0 Å². The average Bonchev–Trinajstić information content (AvgIpc) is 2.14. The van der Waals surface area contributed by atoms with E-state index in [2.05, 4.69) is 39.1 Å². The van der Waals surface area contributed by atoms with E-state index >= 15 is 0 Å². The van der Waals surface area contributed by atoms with Gasteiger partial charge in [0.25, 0.3) is 0 Å². The van der Waals surface area contributed by atoms with Gasteiger partial charge in [-0.1, -0.05) is 39.3 Å². The minimum absolute atomic E-state index is 0.568. The fraction of sp³-hybridized carbons (Fsp3) is 0.857. The Bertz CT molecular complexity index is 317. The minimum atomic E-state index is 0.568. The van der Waals surface area contributed by atoms with Crippen LogP contribution in [0.2, 0.25) is 0 Å². The van der Waals surface area contributed by atoms with Crippen molar-refractivity contribution in [2.24, 2.45) is 16.7 Å². The van der Waals surface area contributed by atoms with Gasteiger partial charge in [0.15, 0.2) is 0 Å². The minimum Gasteiger partial charge on any atom is -0.146 e. The molecule has 2 saturated carbocycles. The molecule has 4 unspecified atom stereocenters. The lowest BCUT2D eigenvalue weighted by Crippen LogP contribution is -2.59. The van der Waals surface area contributed by atoms with E-state index in [9.17, 15) is 0 Å². The summed E-state index contributed by atoms with van der Waals surface area (Å²) in [5, 5.41) is 1.60. The van der Waals surface area contributed by atoms with Crippen molar-refractivity contribution in [3.63, 3.8) is 0 Å². The molecule has 2 heterocycles. The summed E-state index contributed by atoms with van der Waals surface area (Å²) in [5.41, 5.74) is 2.71. The molecule has 1 heteroatoms. The van der Waals surface area contributed by atoms with E-state index in [0.29, 0.717) is 10.8 Å². The van der Waals surface area contributed by atoms with Gasteiger partial charge in [0.2, 0.25) is 0 Å². The van der Waals surface area contributed by atoms with E-state index in [1.807, 2.05) is 0 Å². The first kappa shape index (κ1) is 10.3. The Morgan fingerprint density at radius 3 is 2.67 bits per heavy atom. The summed E-state index contributed by atoms with van der Waals surface area (Å²) >= 11 is 2.21. The second-order valence-electron chi connectivity index (χ2n) is 6.72. The molecule has 4 fully saturated rings. The third-order valence-corrected chi connectivity index (χ3v) is 7.31. The molecule has 2 bridgehead atoms. The number of hydrogen-bond acceptors (Lipinski definition) is 1. The lowest BCUT2D eigenvalue weighted by Gasteiger charge is -2.64. The maximum Gasteiger partial charge on any atom is 0.0327 e. The molecule has 0 spiro atoms. The van der Waals surface area contributed by atoms with Gasteiger partial charge in [-0.3, -0.25) is 0 Å². The molecule has 4 rings (SSSR count). The van der Waals surface area contributed by atoms with Crippen molar-refractivity contribution in [3.8, 4) is 0 Å². The highest BCUT2D eigenvalue weighted by Gasteiger charge is 2.60. The molecule has 15 heavy (non-hydrogen) atoms. The lowest BCUT2D eigenvalue weighted by atomic mass is 9.50. The predicted octanol–water partition coefficient (Wildman–Crippen LogP) is 4.26. The van der Waals surface area contributed by atoms with Crippen LogP contribution in [-0.2, 0) is 0 Å². The lowest BCUT2D eigenvalue weighted by molar-refractivity contribution is -0.0183. The summed E-state index contributed by atoms with van der Waals surface area (Å²) in [6, 6.07) is 0. The van der Waals surface area contributed by atoms with E-state index in [0.717, 1.165) is 16.4 Å². The second kappa shape index (κ2) is 2.85. The third-order valence-electron chi connectivity index (χ3n) is 5.38. The van der Waals surface area contributed by atoms with Crippen molar-refractivity contribution in [2.75, 3.05) is 0 Å². The first-order valence-corrected chi connectivity index (χ1v) is 7.23. The van der Waals surface area contributed by atoms with Crippen molar-refractivity contribution in [1.29, 1.82) is 0 Å². The Labute approximate surface area is 97.9 Å². The molecule has 0 nitrogen and oxygen atoms in total. The molecule has 4 atom stereocenters. The second-order valence-corrected chi connectivity index (χ2v) is 8.03. The molecule has 0 aromatic rings. The Morgan fingerprint density at radius 1 is 1.27 bits per heavy atom. The van der Waals surface area contributed by atoms with Crippen LogP contribution < -0.4 is 0 Å². The van der Waals surface area contributed by atoms with Gasteiger partial charge in [-0.2, -0.15) is 0 Å². The maximum absolute atomic E-state index is 4.31. The first-order chi connectivity index (χ1) is 6.95. The highest BCUT2D eigenvalue weighted by molar-refractivity contribution is 8.02. The SMILES string of the molecule is C=C1C2CC3C(C)(C)CCCC3(C)C1S2. The van der Waals surface area contributed by atoms with Gasteiger partial charge < -0.3 is 0 Å². The largest absolute Gasteiger partial charge is 0.146 e. The average molecular weight is 222 g/mol. The fourth-order valence-corrected chi connectivity index (χ4v) is 6.15. The van der Waals surface area contributed by atoms with Crippen molar-refractivity contribution in [3.05, 3.63) is 12.2 Å². The molecular formula is C14H22S. The van der Waals surface area contributed by atoms with Gasteiger partial charge in [-0.15, -0.1) is 11.8 Å². The van der Waals surface area contributed by atoms with E-state index in [1.165, 1.54) is 25.7 Å². The first-order valence-electron chi connectivity index (χ1n) is 6.29. The van der Waals surface area contributed by atoms with Crippen LogP contribution in [0.15, 0.2) is 12.2 Å². The van der Waals surface area contributed by atoms with Crippen molar-refractivity contribution in [1.82, 2.24) is 0 Å². The molecule has 0 radical (unpaired) electrons. The Kier molecular flexibility index (Phi) is 1.95. The summed E-state index contributed by atoms with van der Waals surface area (Å²) in [5.74, 6) is 0.945. The molecule has 2 aliphatic carbocycles. The van der Waals surface area contributed by atoms with Gasteiger partial charge in [-0.05, 0) is 36.0 Å². The Balaban J connectivity index is 1.98. The zero-order chi connectivity index (χ0) is 10.8. The van der Waals surface area contributed by atoms with E-state index in [1.54, 1.807) is 5.57 Å². The van der Waals surface area contributed by atoms with Crippen molar-refractivity contribution in [2.45, 2.75) is 57.0 Å². The van der Waals surface area contributed by atoms with Crippen LogP contribution in [0.25, 0.3) is 0 Å². The third kappa shape index (κ3) is 1.16. The molecule has 84 valence electrons. The smallest absolute Gasteiger partial charge is 0.0327 e. The summed E-state index contributed by atoms with van der Waals surface area (Å²) < 4.78 is 0. The van der Waals surface area contributed by atoms with Gasteiger partial charge in [0.1, 0.15) is 0 Å². The van der Waals surface area contributed by atoms with Crippen LogP contribution in [0.3, 0.4) is 0 Å². The Hall–Kier alpha value is 0.0900. The molecule has 0 aromatic heterocycles. The van der Waals surface area contributed by atoms with E-state index in [4.69, 9.17) is 0 Å². The van der Waals surface area contributed by atoms with Crippen molar-refractivity contribution >= 4 is 11.8 Å². The summed E-state index contributed by atoms with van der Waals surface area (Å²) in [4.78, 5) is 0. The molecule has 2 aliphatic heterocycles. The maximum atomic E-state index is 4.31. The standard InChI is InChI=1S/C14H22S/c1-9-10-8-11-13(2,3)6-5-7-14(11,4)12(9)15-10/h10-12H,1,5-8H2,2-4H3. The fourth-order valence-electron chi connectivity index (χ4n) is 4.50. The monoisotopic (exact) mass is 222 g/mol. The number of rotatable bonds is 0. The van der Waals surface area contributed by atoms with Crippen molar-refractivity contribution < 1.29 is 0 Å². The quantitative estimate of drug-likeness (QED) is 0.552. The highest BCUT2D eigenvalue weighted by Crippen LogP contribution is 2.68. The van der Waals surface area contributed by atoms with Crippen LogP contribution in [0.5, 0.6) is 0 Å². The molecule has 0 aromatic carbocycles. The topological polar surface area (TPSA) is 0 Å². The van der Waals surface area contributed by atoms with E-state index < -0.39 is 0 Å². The molecule has 2 saturated heterocycles. The van der Waals surface area contributed by atoms with Gasteiger partial charge in [0, 0.05) is 10.5 Å². The van der Waals surface area contributed by atoms with Crippen LogP contribution in [0.4, 0.5) is 0 Å². The zero-order valence-electron chi connectivity index (χ0n) is 10.2. The highest BCUT2D eigenvalue weighted by atomic mass is 32.2. The van der Waals surface area contributed by atoms with Crippen LogP contribution in [-0.4, -0.2) is 10.5 Å².